The molecule has 21 heavy (non-hydrogen) atoms. The van der Waals surface area contributed by atoms with Gasteiger partial charge in [-0.3, -0.25) is 19.9 Å². The minimum absolute atomic E-state index is 0.154. The number of nitro groups is 1. The lowest BCUT2D eigenvalue weighted by Gasteiger charge is -2.13. The van der Waals surface area contributed by atoms with Crippen molar-refractivity contribution in [2.45, 2.75) is 12.3 Å². The van der Waals surface area contributed by atoms with Crippen molar-refractivity contribution in [3.63, 3.8) is 0 Å². The van der Waals surface area contributed by atoms with Gasteiger partial charge in [-0.05, 0) is 23.8 Å². The molecular weight excluding hydrogens is 275 g/mol. The Bertz CT molecular complexity index is 646. The molecule has 0 unspecified atom stereocenters. The molecule has 0 spiro atoms. The average molecular weight is 288 g/mol. The van der Waals surface area contributed by atoms with Gasteiger partial charge in [0, 0.05) is 17.5 Å². The van der Waals surface area contributed by atoms with E-state index in [9.17, 15) is 19.3 Å². The molecule has 1 aromatic heterocycles. The Labute approximate surface area is 120 Å². The number of carbonyl (C=O) groups is 1. The van der Waals surface area contributed by atoms with Crippen LogP contribution in [0.3, 0.4) is 0 Å². The first-order valence-corrected chi connectivity index (χ1v) is 6.38. The van der Waals surface area contributed by atoms with Gasteiger partial charge in [0.1, 0.15) is 11.5 Å². The highest BCUT2D eigenvalue weighted by molar-refractivity contribution is 5.94. The summed E-state index contributed by atoms with van der Waals surface area (Å²) in [6.45, 7) is -0.500. The van der Waals surface area contributed by atoms with Crippen LogP contribution in [0.15, 0.2) is 48.7 Å². The number of benzene rings is 1. The number of hydrogen-bond acceptors (Lipinski definition) is 4. The van der Waals surface area contributed by atoms with Crippen LogP contribution in [0.5, 0.6) is 0 Å². The quantitative estimate of drug-likeness (QED) is 0.465. The zero-order chi connectivity index (χ0) is 15.2. The molecule has 2 aromatic rings. The first-order valence-electron chi connectivity index (χ1n) is 6.38. The molecule has 0 saturated carbocycles. The second-order valence-electron chi connectivity index (χ2n) is 4.58. The third-order valence-electron chi connectivity index (χ3n) is 3.10. The molecule has 0 aliphatic rings. The second kappa shape index (κ2) is 6.69. The van der Waals surface area contributed by atoms with Gasteiger partial charge in [-0.1, -0.05) is 24.3 Å². The van der Waals surface area contributed by atoms with Crippen molar-refractivity contribution in [1.29, 1.82) is 0 Å². The molecule has 0 bridgehead atoms. The predicted molar refractivity (Wildman–Crippen MR) is 74.2 cm³/mol. The van der Waals surface area contributed by atoms with Crippen molar-refractivity contribution in [2.75, 3.05) is 6.54 Å². The zero-order valence-electron chi connectivity index (χ0n) is 11.1. The molecule has 0 fully saturated rings. The smallest absolute Gasteiger partial charge is 0.211 e. The van der Waals surface area contributed by atoms with E-state index in [1.54, 1.807) is 18.2 Å². The van der Waals surface area contributed by atoms with E-state index in [1.165, 1.54) is 30.5 Å². The first-order chi connectivity index (χ1) is 10.1. The fourth-order valence-electron chi connectivity index (χ4n) is 2.12. The Morgan fingerprint density at radius 1 is 1.24 bits per heavy atom. The first kappa shape index (κ1) is 14.8. The molecule has 1 atom stereocenters. The van der Waals surface area contributed by atoms with Crippen molar-refractivity contribution in [3.8, 4) is 0 Å². The van der Waals surface area contributed by atoms with Gasteiger partial charge >= 0.3 is 0 Å². The maximum absolute atomic E-state index is 13.8. The van der Waals surface area contributed by atoms with E-state index < -0.39 is 23.2 Å². The Morgan fingerprint density at radius 2 is 1.95 bits per heavy atom. The lowest BCUT2D eigenvalue weighted by Crippen LogP contribution is -2.18. The molecule has 0 saturated heterocycles. The molecule has 2 rings (SSSR count). The van der Waals surface area contributed by atoms with Crippen molar-refractivity contribution < 1.29 is 14.1 Å². The number of ketones is 1. The molecule has 6 heteroatoms. The van der Waals surface area contributed by atoms with Crippen molar-refractivity contribution >= 4 is 5.78 Å². The molecule has 0 aliphatic carbocycles. The molecule has 5 nitrogen and oxygen atoms in total. The van der Waals surface area contributed by atoms with Gasteiger partial charge in [0.2, 0.25) is 6.54 Å². The SMILES string of the molecule is O=C(C[C@H](C[N+](=O)[O-])c1ccccc1F)c1ccccn1. The van der Waals surface area contributed by atoms with Crippen LogP contribution >= 0.6 is 0 Å². The maximum atomic E-state index is 13.8. The number of rotatable bonds is 6. The molecule has 0 aliphatic heterocycles. The number of nitrogens with zero attached hydrogens (tertiary/aromatic N) is 2. The van der Waals surface area contributed by atoms with Crippen molar-refractivity contribution in [2.24, 2.45) is 0 Å². The van der Waals surface area contributed by atoms with E-state index >= 15 is 0 Å². The third kappa shape index (κ3) is 3.92. The normalized spacial score (nSPS) is 11.9. The van der Waals surface area contributed by atoms with Gasteiger partial charge < -0.3 is 0 Å². The van der Waals surface area contributed by atoms with Crippen LogP contribution < -0.4 is 0 Å². The fraction of sp³-hybridized carbons (Fsp3) is 0.200. The Balaban J connectivity index is 2.23. The van der Waals surface area contributed by atoms with Gasteiger partial charge in [-0.15, -0.1) is 0 Å². The van der Waals surface area contributed by atoms with Gasteiger partial charge in [-0.25, -0.2) is 4.39 Å². The highest BCUT2D eigenvalue weighted by Crippen LogP contribution is 2.24. The summed E-state index contributed by atoms with van der Waals surface area (Å²) in [5.74, 6) is -1.69. The number of hydrogen-bond donors (Lipinski definition) is 0. The minimum Gasteiger partial charge on any atom is -0.292 e. The Morgan fingerprint density at radius 3 is 2.57 bits per heavy atom. The van der Waals surface area contributed by atoms with E-state index in [0.29, 0.717) is 0 Å². The number of pyridine rings is 1. The monoisotopic (exact) mass is 288 g/mol. The van der Waals surface area contributed by atoms with Crippen LogP contribution in [0.4, 0.5) is 4.39 Å². The van der Waals surface area contributed by atoms with Crippen LogP contribution in [0.1, 0.15) is 28.4 Å². The van der Waals surface area contributed by atoms with E-state index in [2.05, 4.69) is 4.98 Å². The summed E-state index contributed by atoms with van der Waals surface area (Å²) in [6.07, 6.45) is 1.32. The van der Waals surface area contributed by atoms with Gasteiger partial charge in [0.05, 0.1) is 5.92 Å². The standard InChI is InChI=1S/C15H13FN2O3/c16-13-6-2-1-5-12(13)11(10-18(20)21)9-15(19)14-7-3-4-8-17-14/h1-8,11H,9-10H2/t11-/m1/s1. The molecule has 0 radical (unpaired) electrons. The summed E-state index contributed by atoms with van der Waals surface area (Å²) in [7, 11) is 0. The van der Waals surface area contributed by atoms with Crippen LogP contribution in [-0.2, 0) is 0 Å². The maximum Gasteiger partial charge on any atom is 0.211 e. The molecular formula is C15H13FN2O3. The minimum atomic E-state index is -0.810. The van der Waals surface area contributed by atoms with Crippen molar-refractivity contribution in [3.05, 3.63) is 75.9 Å². The van der Waals surface area contributed by atoms with Crippen LogP contribution in [0.2, 0.25) is 0 Å². The van der Waals surface area contributed by atoms with E-state index in [-0.39, 0.29) is 23.5 Å². The Kier molecular flexibility index (Phi) is 4.71. The number of carbonyl (C=O) groups excluding carboxylic acids is 1. The summed E-state index contributed by atoms with van der Waals surface area (Å²) in [5.41, 5.74) is 0.403. The van der Waals surface area contributed by atoms with E-state index in [4.69, 9.17) is 0 Å². The molecule has 1 heterocycles. The number of aromatic nitrogens is 1. The second-order valence-corrected chi connectivity index (χ2v) is 4.58. The van der Waals surface area contributed by atoms with E-state index in [1.807, 2.05) is 0 Å². The summed E-state index contributed by atoms with van der Waals surface area (Å²) in [6, 6.07) is 10.7. The predicted octanol–water partition coefficient (Wildman–Crippen LogP) is 2.85. The molecule has 0 N–H and O–H groups in total. The molecule has 108 valence electrons. The van der Waals surface area contributed by atoms with Gasteiger partial charge in [0.15, 0.2) is 5.78 Å². The van der Waals surface area contributed by atoms with E-state index in [0.717, 1.165) is 0 Å². The largest absolute Gasteiger partial charge is 0.292 e. The highest BCUT2D eigenvalue weighted by Gasteiger charge is 2.25. The summed E-state index contributed by atoms with van der Waals surface area (Å²) >= 11 is 0. The van der Waals surface area contributed by atoms with Crippen molar-refractivity contribution in [1.82, 2.24) is 4.98 Å². The number of Topliss-reactive ketones (excluding diaryl/α,β-unsaturated/α-hetero) is 1. The fourth-order valence-corrected chi connectivity index (χ4v) is 2.12. The average Bonchev–Trinajstić information content (AvgIpc) is 2.47. The summed E-state index contributed by atoms with van der Waals surface area (Å²) < 4.78 is 13.8. The summed E-state index contributed by atoms with van der Waals surface area (Å²) in [5, 5.41) is 10.8. The molecule has 1 aromatic carbocycles. The van der Waals surface area contributed by atoms with Crippen LogP contribution in [-0.4, -0.2) is 22.2 Å². The topological polar surface area (TPSA) is 73.1 Å². The third-order valence-corrected chi connectivity index (χ3v) is 3.10. The van der Waals surface area contributed by atoms with Crippen LogP contribution in [0.25, 0.3) is 0 Å². The van der Waals surface area contributed by atoms with Gasteiger partial charge in [-0.2, -0.15) is 0 Å². The lowest BCUT2D eigenvalue weighted by molar-refractivity contribution is -0.483. The highest BCUT2D eigenvalue weighted by atomic mass is 19.1. The number of halogens is 1. The molecule has 0 amide bonds. The van der Waals surface area contributed by atoms with Gasteiger partial charge in [0.25, 0.3) is 0 Å². The lowest BCUT2D eigenvalue weighted by atomic mass is 9.92. The zero-order valence-corrected chi connectivity index (χ0v) is 11.1. The summed E-state index contributed by atoms with van der Waals surface area (Å²) in [4.78, 5) is 26.3. The Hall–Kier alpha value is -2.63. The van der Waals surface area contributed by atoms with Crippen LogP contribution in [0, 0.1) is 15.9 Å².